The monoisotopic (exact) mass is 316 g/mol. The number of aliphatic hydroxyl groups excluding tert-OH is 1. The van der Waals surface area contributed by atoms with Crippen LogP contribution in [0.15, 0.2) is 0 Å². The number of aliphatic carboxylic acids is 1. The molecule has 0 aromatic carbocycles. The van der Waals surface area contributed by atoms with E-state index in [1.165, 1.54) is 0 Å². The number of carbonyl (C=O) groups excluding carboxylic acids is 1. The number of rotatable bonds is 10. The lowest BCUT2D eigenvalue weighted by atomic mass is 9.97. The van der Waals surface area contributed by atoms with Crippen LogP contribution in [-0.4, -0.2) is 40.4 Å². The fourth-order valence-corrected chi connectivity index (χ4v) is 2.06. The second-order valence-corrected chi connectivity index (χ2v) is 6.75. The van der Waals surface area contributed by atoms with E-state index in [2.05, 4.69) is 10.6 Å². The molecule has 0 heterocycles. The summed E-state index contributed by atoms with van der Waals surface area (Å²) in [4.78, 5) is 23.8. The van der Waals surface area contributed by atoms with Gasteiger partial charge in [-0.15, -0.1) is 0 Å². The average Bonchev–Trinajstić information content (AvgIpc) is 2.41. The molecule has 4 N–H and O–H groups in total. The van der Waals surface area contributed by atoms with Gasteiger partial charge in [0.05, 0.1) is 6.04 Å². The molecule has 6 heteroatoms. The molecule has 0 aliphatic rings. The van der Waals surface area contributed by atoms with E-state index < -0.39 is 24.3 Å². The van der Waals surface area contributed by atoms with Crippen LogP contribution in [0.4, 0.5) is 0 Å². The summed E-state index contributed by atoms with van der Waals surface area (Å²) in [6.45, 7) is 11.3. The second kappa shape index (κ2) is 9.79. The predicted octanol–water partition coefficient (Wildman–Crippen LogP) is 1.58. The number of hydrogen-bond donors (Lipinski definition) is 4. The van der Waals surface area contributed by atoms with Crippen LogP contribution >= 0.6 is 0 Å². The molecule has 4 unspecified atom stereocenters. The molecule has 0 aliphatic carbocycles. The van der Waals surface area contributed by atoms with Crippen molar-refractivity contribution in [3.05, 3.63) is 0 Å². The van der Waals surface area contributed by atoms with Gasteiger partial charge < -0.3 is 15.5 Å². The Morgan fingerprint density at radius 3 is 2.00 bits per heavy atom. The van der Waals surface area contributed by atoms with Crippen molar-refractivity contribution >= 4 is 11.9 Å². The lowest BCUT2D eigenvalue weighted by molar-refractivity contribution is -0.143. The highest BCUT2D eigenvalue weighted by atomic mass is 16.4. The first-order valence-corrected chi connectivity index (χ1v) is 8.07. The van der Waals surface area contributed by atoms with Crippen LogP contribution in [0.2, 0.25) is 0 Å². The molecular weight excluding hydrogens is 284 g/mol. The highest BCUT2D eigenvalue weighted by molar-refractivity contribution is 5.87. The molecule has 0 aromatic rings. The predicted molar refractivity (Wildman–Crippen MR) is 86.2 cm³/mol. The van der Waals surface area contributed by atoms with E-state index in [1.807, 2.05) is 34.6 Å². The topological polar surface area (TPSA) is 98.7 Å². The summed E-state index contributed by atoms with van der Waals surface area (Å²) in [6.07, 6.45) is 0.387. The van der Waals surface area contributed by atoms with Crippen LogP contribution in [0, 0.1) is 17.8 Å². The fraction of sp³-hybridized carbons (Fsp3) is 0.875. The first kappa shape index (κ1) is 20.9. The maximum absolute atomic E-state index is 12.4. The van der Waals surface area contributed by atoms with Crippen LogP contribution in [0.3, 0.4) is 0 Å². The van der Waals surface area contributed by atoms with Crippen LogP contribution in [0.1, 0.15) is 54.4 Å². The van der Waals surface area contributed by atoms with Gasteiger partial charge in [0.1, 0.15) is 12.3 Å². The lowest BCUT2D eigenvalue weighted by Crippen LogP contribution is -2.55. The van der Waals surface area contributed by atoms with Crippen LogP contribution < -0.4 is 10.6 Å². The summed E-state index contributed by atoms with van der Waals surface area (Å²) >= 11 is 0. The van der Waals surface area contributed by atoms with Gasteiger partial charge in [-0.25, -0.2) is 4.79 Å². The average molecular weight is 316 g/mol. The molecule has 22 heavy (non-hydrogen) atoms. The summed E-state index contributed by atoms with van der Waals surface area (Å²) in [5, 5.41) is 24.7. The van der Waals surface area contributed by atoms with Crippen LogP contribution in [0.25, 0.3) is 0 Å². The number of carbonyl (C=O) groups is 2. The molecular formula is C16H32N2O4. The Hall–Kier alpha value is -1.14. The lowest BCUT2D eigenvalue weighted by Gasteiger charge is -2.28. The molecule has 6 nitrogen and oxygen atoms in total. The van der Waals surface area contributed by atoms with Gasteiger partial charge in [-0.2, -0.15) is 0 Å². The first-order chi connectivity index (χ1) is 10.1. The Labute approximate surface area is 133 Å². The summed E-state index contributed by atoms with van der Waals surface area (Å²) in [7, 11) is 0. The zero-order chi connectivity index (χ0) is 17.4. The number of hydrogen-bond acceptors (Lipinski definition) is 4. The SMILES string of the molecule is CCC(C)C(NC(=O)C(CC(C)C)NC(O)C(C)C)C(=O)O. The van der Waals surface area contributed by atoms with Gasteiger partial charge in [-0.3, -0.25) is 10.1 Å². The van der Waals surface area contributed by atoms with Crippen LogP contribution in [0.5, 0.6) is 0 Å². The number of aliphatic hydroxyl groups is 1. The summed E-state index contributed by atoms with van der Waals surface area (Å²) in [5.74, 6) is -1.35. The zero-order valence-corrected chi connectivity index (χ0v) is 14.6. The van der Waals surface area contributed by atoms with E-state index in [4.69, 9.17) is 0 Å². The van der Waals surface area contributed by atoms with Crippen molar-refractivity contribution in [2.24, 2.45) is 17.8 Å². The molecule has 0 aromatic heterocycles. The fourth-order valence-electron chi connectivity index (χ4n) is 2.06. The van der Waals surface area contributed by atoms with Gasteiger partial charge in [0.2, 0.25) is 5.91 Å². The minimum Gasteiger partial charge on any atom is -0.480 e. The van der Waals surface area contributed by atoms with Gasteiger partial charge in [-0.05, 0) is 24.2 Å². The summed E-state index contributed by atoms with van der Waals surface area (Å²) < 4.78 is 0. The van der Waals surface area contributed by atoms with Crippen molar-refractivity contribution in [2.45, 2.75) is 72.7 Å². The Bertz CT molecular complexity index is 358. The van der Waals surface area contributed by atoms with E-state index in [0.717, 1.165) is 0 Å². The second-order valence-electron chi connectivity index (χ2n) is 6.75. The Balaban J connectivity index is 4.97. The molecule has 0 radical (unpaired) electrons. The minimum atomic E-state index is -1.03. The van der Waals surface area contributed by atoms with Crippen molar-refractivity contribution in [1.29, 1.82) is 0 Å². The van der Waals surface area contributed by atoms with E-state index in [-0.39, 0.29) is 23.7 Å². The quantitative estimate of drug-likeness (QED) is 0.459. The summed E-state index contributed by atoms with van der Waals surface area (Å²) in [6, 6.07) is -1.52. The molecule has 0 fully saturated rings. The van der Waals surface area contributed by atoms with Gasteiger partial charge in [0.15, 0.2) is 0 Å². The number of amides is 1. The highest BCUT2D eigenvalue weighted by Gasteiger charge is 2.30. The Morgan fingerprint density at radius 1 is 1.09 bits per heavy atom. The molecule has 0 spiro atoms. The minimum absolute atomic E-state index is 0.0349. The molecule has 4 atom stereocenters. The van der Waals surface area contributed by atoms with Crippen molar-refractivity contribution in [3.8, 4) is 0 Å². The third kappa shape index (κ3) is 7.22. The Kier molecular flexibility index (Phi) is 9.28. The molecule has 0 saturated heterocycles. The summed E-state index contributed by atoms with van der Waals surface area (Å²) in [5.41, 5.74) is 0. The molecule has 0 rings (SSSR count). The molecule has 0 saturated carbocycles. The highest BCUT2D eigenvalue weighted by Crippen LogP contribution is 2.11. The molecule has 1 amide bonds. The van der Waals surface area contributed by atoms with Gasteiger partial charge in [-0.1, -0.05) is 48.0 Å². The number of nitrogens with one attached hydrogen (secondary N) is 2. The Morgan fingerprint density at radius 2 is 1.64 bits per heavy atom. The standard InChI is InChI=1S/C16H32N2O4/c1-7-11(6)13(16(21)22)18-15(20)12(8-9(2)3)17-14(19)10(4)5/h9-14,17,19H,7-8H2,1-6H3,(H,18,20)(H,21,22). The smallest absolute Gasteiger partial charge is 0.326 e. The number of carboxylic acids is 1. The van der Waals surface area contributed by atoms with Gasteiger partial charge in [0, 0.05) is 0 Å². The maximum atomic E-state index is 12.4. The van der Waals surface area contributed by atoms with E-state index in [9.17, 15) is 19.8 Å². The zero-order valence-electron chi connectivity index (χ0n) is 14.6. The third-order valence-electron chi connectivity index (χ3n) is 3.80. The van der Waals surface area contributed by atoms with E-state index >= 15 is 0 Å². The van der Waals surface area contributed by atoms with Crippen molar-refractivity contribution in [3.63, 3.8) is 0 Å². The van der Waals surface area contributed by atoms with Gasteiger partial charge in [0.25, 0.3) is 0 Å². The van der Waals surface area contributed by atoms with E-state index in [0.29, 0.717) is 12.8 Å². The van der Waals surface area contributed by atoms with E-state index in [1.54, 1.807) is 6.92 Å². The van der Waals surface area contributed by atoms with Crippen molar-refractivity contribution in [2.75, 3.05) is 0 Å². The van der Waals surface area contributed by atoms with Crippen LogP contribution in [-0.2, 0) is 9.59 Å². The molecule has 0 aliphatic heterocycles. The first-order valence-electron chi connectivity index (χ1n) is 8.07. The third-order valence-corrected chi connectivity index (χ3v) is 3.80. The van der Waals surface area contributed by atoms with Crippen molar-refractivity contribution < 1.29 is 19.8 Å². The number of carboxylic acid groups (broad SMARTS) is 1. The van der Waals surface area contributed by atoms with Gasteiger partial charge >= 0.3 is 5.97 Å². The molecule has 0 bridgehead atoms. The molecule has 130 valence electrons. The normalized spacial score (nSPS) is 17.1. The largest absolute Gasteiger partial charge is 0.480 e. The van der Waals surface area contributed by atoms with Crippen molar-refractivity contribution in [1.82, 2.24) is 10.6 Å². The maximum Gasteiger partial charge on any atom is 0.326 e.